The molecule has 1 saturated heterocycles. The molecule has 0 atom stereocenters. The molecule has 4 rings (SSSR count). The topological polar surface area (TPSA) is 52.7 Å². The molecular formula is C19H19N3O2. The Morgan fingerprint density at radius 1 is 0.875 bits per heavy atom. The fourth-order valence-corrected chi connectivity index (χ4v) is 3.43. The fourth-order valence-electron chi connectivity index (χ4n) is 3.43. The number of rotatable bonds is 3. The smallest absolute Gasteiger partial charge is 0.296 e. The van der Waals surface area contributed by atoms with Crippen molar-refractivity contribution in [2.45, 2.75) is 6.54 Å². The van der Waals surface area contributed by atoms with E-state index in [1.54, 1.807) is 6.07 Å². The van der Waals surface area contributed by atoms with E-state index in [2.05, 4.69) is 39.4 Å². The van der Waals surface area contributed by atoms with Gasteiger partial charge in [0.1, 0.15) is 0 Å². The third-order valence-corrected chi connectivity index (χ3v) is 4.69. The number of amides is 1. The molecule has 1 N–H and O–H groups in total. The number of nitrogens with one attached hydrogen (secondary N) is 1. The highest BCUT2D eigenvalue weighted by Crippen LogP contribution is 2.32. The molecular weight excluding hydrogens is 302 g/mol. The molecule has 0 saturated carbocycles. The van der Waals surface area contributed by atoms with E-state index in [0.717, 1.165) is 38.4 Å². The van der Waals surface area contributed by atoms with Gasteiger partial charge in [0.15, 0.2) is 0 Å². The number of piperazine rings is 1. The third kappa shape index (κ3) is 2.67. The highest BCUT2D eigenvalue weighted by atomic mass is 16.2. The first-order valence-electron chi connectivity index (χ1n) is 8.22. The number of benzene rings is 2. The van der Waals surface area contributed by atoms with Crippen molar-refractivity contribution in [3.8, 4) is 0 Å². The van der Waals surface area contributed by atoms with Gasteiger partial charge < -0.3 is 10.2 Å². The second kappa shape index (κ2) is 6.09. The van der Waals surface area contributed by atoms with Crippen LogP contribution in [0.1, 0.15) is 15.9 Å². The summed E-state index contributed by atoms with van der Waals surface area (Å²) in [6.07, 6.45) is 0. The fraction of sp³-hybridized carbons (Fsp3) is 0.263. The van der Waals surface area contributed by atoms with Gasteiger partial charge in [-0.3, -0.25) is 14.5 Å². The van der Waals surface area contributed by atoms with E-state index in [1.165, 1.54) is 5.56 Å². The summed E-state index contributed by atoms with van der Waals surface area (Å²) in [5, 5.41) is 2.64. The van der Waals surface area contributed by atoms with Crippen LogP contribution in [0.5, 0.6) is 0 Å². The largest absolute Gasteiger partial charge is 0.368 e. The maximum Gasteiger partial charge on any atom is 0.296 e. The Hall–Kier alpha value is -2.66. The highest BCUT2D eigenvalue weighted by Gasteiger charge is 2.32. The van der Waals surface area contributed by atoms with Gasteiger partial charge >= 0.3 is 0 Å². The first-order valence-corrected chi connectivity index (χ1v) is 8.22. The summed E-state index contributed by atoms with van der Waals surface area (Å²) in [5.41, 5.74) is 3.35. The second-order valence-electron chi connectivity index (χ2n) is 6.23. The van der Waals surface area contributed by atoms with Crippen LogP contribution in [0.3, 0.4) is 0 Å². The minimum absolute atomic E-state index is 0.424. The summed E-state index contributed by atoms with van der Waals surface area (Å²) >= 11 is 0. The summed E-state index contributed by atoms with van der Waals surface area (Å²) in [6, 6.07) is 16.1. The lowest BCUT2D eigenvalue weighted by molar-refractivity contribution is -0.112. The van der Waals surface area contributed by atoms with Gasteiger partial charge in [-0.05, 0) is 17.7 Å². The Labute approximate surface area is 140 Å². The molecule has 0 aromatic heterocycles. The number of carbonyl (C=O) groups is 2. The first kappa shape index (κ1) is 14.9. The van der Waals surface area contributed by atoms with Crippen molar-refractivity contribution in [3.63, 3.8) is 0 Å². The predicted octanol–water partition coefficient (Wildman–Crippen LogP) is 2.14. The van der Waals surface area contributed by atoms with Crippen molar-refractivity contribution in [1.29, 1.82) is 0 Å². The van der Waals surface area contributed by atoms with E-state index in [4.69, 9.17) is 0 Å². The summed E-state index contributed by atoms with van der Waals surface area (Å²) in [6.45, 7) is 4.53. The number of hydrogen-bond donors (Lipinski definition) is 1. The maximum atomic E-state index is 12.1. The number of nitrogens with zero attached hydrogens (tertiary/aromatic N) is 2. The van der Waals surface area contributed by atoms with Gasteiger partial charge in [0.25, 0.3) is 11.7 Å². The summed E-state index contributed by atoms with van der Waals surface area (Å²) in [4.78, 5) is 28.4. The molecule has 0 aliphatic carbocycles. The predicted molar refractivity (Wildman–Crippen MR) is 93.3 cm³/mol. The Bertz CT molecular complexity index is 780. The molecule has 5 nitrogen and oxygen atoms in total. The van der Waals surface area contributed by atoms with E-state index in [-0.39, 0.29) is 0 Å². The van der Waals surface area contributed by atoms with Gasteiger partial charge in [-0.2, -0.15) is 0 Å². The molecule has 0 radical (unpaired) electrons. The molecule has 24 heavy (non-hydrogen) atoms. The lowest BCUT2D eigenvalue weighted by Crippen LogP contribution is -2.46. The van der Waals surface area contributed by atoms with Crippen LogP contribution in [-0.4, -0.2) is 42.8 Å². The van der Waals surface area contributed by atoms with Crippen molar-refractivity contribution in [2.24, 2.45) is 0 Å². The Morgan fingerprint density at radius 3 is 2.38 bits per heavy atom. The van der Waals surface area contributed by atoms with Gasteiger partial charge in [0, 0.05) is 32.7 Å². The molecule has 2 aromatic rings. The molecule has 2 aliphatic heterocycles. The van der Waals surface area contributed by atoms with Crippen LogP contribution in [0.4, 0.5) is 11.4 Å². The summed E-state index contributed by atoms with van der Waals surface area (Å²) in [5.74, 6) is -0.951. The lowest BCUT2D eigenvalue weighted by Gasteiger charge is -2.36. The van der Waals surface area contributed by atoms with Crippen LogP contribution in [0.25, 0.3) is 0 Å². The zero-order valence-electron chi connectivity index (χ0n) is 13.4. The van der Waals surface area contributed by atoms with Gasteiger partial charge in [-0.1, -0.05) is 36.4 Å². The molecule has 122 valence electrons. The van der Waals surface area contributed by atoms with Gasteiger partial charge in [-0.25, -0.2) is 0 Å². The van der Waals surface area contributed by atoms with Crippen LogP contribution in [0.15, 0.2) is 48.5 Å². The standard InChI is InChI=1S/C19H19N3O2/c23-18-17-15(20-19(18)24)7-4-8-16(17)22-11-9-21(10-12-22)13-14-5-2-1-3-6-14/h1-8H,9-13H2,(H,20,23,24). The molecule has 2 aliphatic rings. The van der Waals surface area contributed by atoms with Crippen LogP contribution in [-0.2, 0) is 11.3 Å². The van der Waals surface area contributed by atoms with Crippen molar-refractivity contribution in [1.82, 2.24) is 4.90 Å². The van der Waals surface area contributed by atoms with E-state index in [1.807, 2.05) is 18.2 Å². The average molecular weight is 321 g/mol. The van der Waals surface area contributed by atoms with Crippen LogP contribution >= 0.6 is 0 Å². The van der Waals surface area contributed by atoms with Crippen molar-refractivity contribution in [2.75, 3.05) is 36.4 Å². The number of anilines is 2. The SMILES string of the molecule is O=C1Nc2cccc(N3CCN(Cc4ccccc4)CC3)c2C1=O. The average Bonchev–Trinajstić information content (AvgIpc) is 2.91. The molecule has 2 aromatic carbocycles. The monoisotopic (exact) mass is 321 g/mol. The highest BCUT2D eigenvalue weighted by molar-refractivity contribution is 6.52. The molecule has 5 heteroatoms. The number of fused-ring (bicyclic) bond motifs is 1. The minimum Gasteiger partial charge on any atom is -0.368 e. The molecule has 1 amide bonds. The maximum absolute atomic E-state index is 12.1. The van der Waals surface area contributed by atoms with Crippen molar-refractivity contribution in [3.05, 3.63) is 59.7 Å². The van der Waals surface area contributed by atoms with Gasteiger partial charge in [-0.15, -0.1) is 0 Å². The Balaban J connectivity index is 1.47. The number of ketones is 1. The van der Waals surface area contributed by atoms with Gasteiger partial charge in [0.05, 0.1) is 16.9 Å². The van der Waals surface area contributed by atoms with E-state index >= 15 is 0 Å². The quantitative estimate of drug-likeness (QED) is 0.880. The molecule has 1 fully saturated rings. The lowest BCUT2D eigenvalue weighted by atomic mass is 10.1. The summed E-state index contributed by atoms with van der Waals surface area (Å²) in [7, 11) is 0. The van der Waals surface area contributed by atoms with Gasteiger partial charge in [0.2, 0.25) is 0 Å². The number of Topliss-reactive ketones (excluding diaryl/α,β-unsaturated/α-hetero) is 1. The minimum atomic E-state index is -0.528. The molecule has 2 heterocycles. The molecule has 0 bridgehead atoms. The normalized spacial score (nSPS) is 17.8. The Morgan fingerprint density at radius 2 is 1.62 bits per heavy atom. The summed E-state index contributed by atoms with van der Waals surface area (Å²) < 4.78 is 0. The third-order valence-electron chi connectivity index (χ3n) is 4.69. The van der Waals surface area contributed by atoms with E-state index in [9.17, 15) is 9.59 Å². The van der Waals surface area contributed by atoms with E-state index in [0.29, 0.717) is 11.3 Å². The zero-order valence-corrected chi connectivity index (χ0v) is 13.4. The van der Waals surface area contributed by atoms with Crippen LogP contribution in [0.2, 0.25) is 0 Å². The Kier molecular flexibility index (Phi) is 3.78. The second-order valence-corrected chi connectivity index (χ2v) is 6.23. The molecule has 0 unspecified atom stereocenters. The van der Waals surface area contributed by atoms with Crippen molar-refractivity contribution < 1.29 is 9.59 Å². The zero-order chi connectivity index (χ0) is 16.5. The van der Waals surface area contributed by atoms with Crippen LogP contribution in [0, 0.1) is 0 Å². The molecule has 0 spiro atoms. The van der Waals surface area contributed by atoms with E-state index < -0.39 is 11.7 Å². The number of hydrogen-bond acceptors (Lipinski definition) is 4. The number of carbonyl (C=O) groups excluding carboxylic acids is 2. The first-order chi connectivity index (χ1) is 11.7. The van der Waals surface area contributed by atoms with Crippen molar-refractivity contribution >= 4 is 23.1 Å². The van der Waals surface area contributed by atoms with Crippen LogP contribution < -0.4 is 10.2 Å².